The number of rotatable bonds is 11. The van der Waals surface area contributed by atoms with Gasteiger partial charge in [0.2, 0.25) is 0 Å². The highest BCUT2D eigenvalue weighted by molar-refractivity contribution is 14.1. The molecule has 0 saturated heterocycles. The number of methoxy groups -OCH3 is 1. The van der Waals surface area contributed by atoms with E-state index in [1.807, 2.05) is 44.2 Å². The molecular weight excluding hydrogens is 661 g/mol. The summed E-state index contributed by atoms with van der Waals surface area (Å²) in [5.41, 5.74) is 3.67. The first kappa shape index (κ1) is 32.0. The van der Waals surface area contributed by atoms with Gasteiger partial charge in [-0.25, -0.2) is 9.78 Å². The fourth-order valence-corrected chi connectivity index (χ4v) is 5.37. The van der Waals surface area contributed by atoms with Crippen molar-refractivity contribution in [2.45, 2.75) is 53.6 Å². The number of para-hydroxylation sites is 1. The first-order chi connectivity index (χ1) is 20.6. The highest BCUT2D eigenvalue weighted by atomic mass is 127. The second kappa shape index (κ2) is 14.0. The summed E-state index contributed by atoms with van der Waals surface area (Å²) in [5.74, 6) is 1.79. The van der Waals surface area contributed by atoms with Gasteiger partial charge in [0.15, 0.2) is 23.4 Å². The van der Waals surface area contributed by atoms with Crippen LogP contribution in [0.5, 0.6) is 17.2 Å². The fraction of sp³-hybridized carbons (Fsp3) is 0.333. The van der Waals surface area contributed by atoms with Gasteiger partial charge in [-0.3, -0.25) is 4.79 Å². The number of aryl methyl sites for hydroxylation is 1. The zero-order valence-electron chi connectivity index (χ0n) is 25.4. The van der Waals surface area contributed by atoms with E-state index in [0.29, 0.717) is 44.0 Å². The largest absolute Gasteiger partial charge is 0.494 e. The van der Waals surface area contributed by atoms with Crippen molar-refractivity contribution < 1.29 is 23.7 Å². The van der Waals surface area contributed by atoms with Gasteiger partial charge >= 0.3 is 5.97 Å². The van der Waals surface area contributed by atoms with E-state index in [9.17, 15) is 9.59 Å². The molecule has 0 radical (unpaired) electrons. The van der Waals surface area contributed by atoms with Crippen LogP contribution in [0.1, 0.15) is 57.2 Å². The van der Waals surface area contributed by atoms with Crippen LogP contribution in [-0.2, 0) is 9.53 Å². The number of hydrogen-bond acceptors (Lipinski definition) is 8. The minimum absolute atomic E-state index is 0.187. The molecular formula is C33H36IN3O6. The van der Waals surface area contributed by atoms with E-state index >= 15 is 0 Å². The zero-order chi connectivity index (χ0) is 31.3. The average Bonchev–Trinajstić information content (AvgIpc) is 2.98. The van der Waals surface area contributed by atoms with Crippen LogP contribution < -0.4 is 19.8 Å². The van der Waals surface area contributed by atoms with Crippen molar-refractivity contribution in [3.8, 4) is 28.6 Å². The van der Waals surface area contributed by atoms with E-state index in [2.05, 4.69) is 41.5 Å². The first-order valence-electron chi connectivity index (χ1n) is 14.1. The van der Waals surface area contributed by atoms with Crippen LogP contribution in [0.25, 0.3) is 22.3 Å². The number of halogens is 1. The zero-order valence-corrected chi connectivity index (χ0v) is 27.6. The van der Waals surface area contributed by atoms with Crippen molar-refractivity contribution in [1.29, 1.82) is 0 Å². The van der Waals surface area contributed by atoms with Gasteiger partial charge in [-0.1, -0.05) is 26.0 Å². The van der Waals surface area contributed by atoms with E-state index in [0.717, 1.165) is 22.4 Å². The van der Waals surface area contributed by atoms with Gasteiger partial charge in [-0.2, -0.15) is 9.78 Å². The SMILES string of the molecule is CCOC(=O)[C@H](C)Oc1c(I)cc(C=Nn2c(-c3cc(C(C)C)c(OCC)cc3C)nc3ccccc3c2=O)cc1OC. The summed E-state index contributed by atoms with van der Waals surface area (Å²) in [6, 6.07) is 14.8. The Morgan fingerprint density at radius 1 is 1.07 bits per heavy atom. The molecule has 0 N–H and O–H groups in total. The Labute approximate surface area is 265 Å². The maximum Gasteiger partial charge on any atom is 0.347 e. The summed E-state index contributed by atoms with van der Waals surface area (Å²) in [4.78, 5) is 30.9. The highest BCUT2D eigenvalue weighted by Gasteiger charge is 2.21. The lowest BCUT2D eigenvalue weighted by molar-refractivity contribution is -0.150. The van der Waals surface area contributed by atoms with Crippen LogP contribution in [0.15, 0.2) is 58.4 Å². The molecule has 1 atom stereocenters. The van der Waals surface area contributed by atoms with E-state index < -0.39 is 12.1 Å². The number of nitrogens with zero attached hydrogens (tertiary/aromatic N) is 3. The van der Waals surface area contributed by atoms with Crippen LogP contribution in [0.2, 0.25) is 0 Å². The number of ether oxygens (including phenoxy) is 4. The number of esters is 1. The third kappa shape index (κ3) is 7.01. The second-order valence-electron chi connectivity index (χ2n) is 10.2. The fourth-order valence-electron chi connectivity index (χ4n) is 4.61. The summed E-state index contributed by atoms with van der Waals surface area (Å²) < 4.78 is 24.5. The smallest absolute Gasteiger partial charge is 0.347 e. The second-order valence-corrected chi connectivity index (χ2v) is 11.3. The van der Waals surface area contributed by atoms with Crippen LogP contribution in [0, 0.1) is 10.5 Å². The van der Waals surface area contributed by atoms with Crippen LogP contribution in [-0.4, -0.2) is 48.3 Å². The predicted octanol–water partition coefficient (Wildman–Crippen LogP) is 6.72. The maximum atomic E-state index is 13.8. The molecule has 4 aromatic rings. The summed E-state index contributed by atoms with van der Waals surface area (Å²) >= 11 is 2.11. The lowest BCUT2D eigenvalue weighted by Crippen LogP contribution is -2.26. The minimum atomic E-state index is -0.820. The number of hydrogen-bond donors (Lipinski definition) is 0. The number of fused-ring (bicyclic) bond motifs is 1. The highest BCUT2D eigenvalue weighted by Crippen LogP contribution is 2.36. The molecule has 0 aliphatic carbocycles. The summed E-state index contributed by atoms with van der Waals surface area (Å²) in [6.45, 7) is 12.3. The lowest BCUT2D eigenvalue weighted by atomic mass is 9.96. The van der Waals surface area contributed by atoms with Crippen molar-refractivity contribution in [3.05, 3.63) is 79.1 Å². The lowest BCUT2D eigenvalue weighted by Gasteiger charge is -2.18. The standard InChI is InChI=1S/C33H36IN3O6/c1-8-41-28-14-20(5)25(17-24(28)19(3)4)31-36-27-13-11-10-12-23(27)32(38)37(31)35-18-22-15-26(34)30(29(16-22)40-7)43-21(6)33(39)42-9-2/h10-19,21H,8-9H2,1-7H3/t21-/m0/s1. The molecule has 4 rings (SSSR count). The Morgan fingerprint density at radius 3 is 2.49 bits per heavy atom. The molecule has 1 heterocycles. The number of benzene rings is 3. The van der Waals surface area contributed by atoms with Crippen LogP contribution in [0.3, 0.4) is 0 Å². The third-order valence-electron chi connectivity index (χ3n) is 6.76. The number of carbonyl (C=O) groups excluding carboxylic acids is 1. The molecule has 0 fully saturated rings. The molecule has 10 heteroatoms. The van der Waals surface area contributed by atoms with Gasteiger partial charge in [0, 0.05) is 5.56 Å². The van der Waals surface area contributed by atoms with Crippen molar-refractivity contribution in [3.63, 3.8) is 0 Å². The molecule has 0 amide bonds. The molecule has 0 bridgehead atoms. The number of aromatic nitrogens is 2. The molecule has 1 aromatic heterocycles. The topological polar surface area (TPSA) is 101 Å². The maximum absolute atomic E-state index is 13.8. The molecule has 226 valence electrons. The average molecular weight is 698 g/mol. The van der Waals surface area contributed by atoms with E-state index in [-0.39, 0.29) is 18.1 Å². The van der Waals surface area contributed by atoms with Gasteiger partial charge in [-0.05, 0) is 109 Å². The molecule has 0 aliphatic rings. The van der Waals surface area contributed by atoms with Crippen LogP contribution >= 0.6 is 22.6 Å². The third-order valence-corrected chi connectivity index (χ3v) is 7.56. The van der Waals surface area contributed by atoms with Gasteiger partial charge < -0.3 is 18.9 Å². The van der Waals surface area contributed by atoms with Crippen molar-refractivity contribution in [2.24, 2.45) is 5.10 Å². The summed E-state index contributed by atoms with van der Waals surface area (Å²) in [6.07, 6.45) is 0.762. The van der Waals surface area contributed by atoms with E-state index in [4.69, 9.17) is 23.9 Å². The Morgan fingerprint density at radius 2 is 1.81 bits per heavy atom. The molecule has 0 aliphatic heterocycles. The molecule has 9 nitrogen and oxygen atoms in total. The van der Waals surface area contributed by atoms with Crippen molar-refractivity contribution in [2.75, 3.05) is 20.3 Å². The van der Waals surface area contributed by atoms with E-state index in [1.165, 1.54) is 11.8 Å². The molecule has 43 heavy (non-hydrogen) atoms. The first-order valence-corrected chi connectivity index (χ1v) is 15.2. The quantitative estimate of drug-likeness (QED) is 0.0975. The summed E-state index contributed by atoms with van der Waals surface area (Å²) in [5, 5.41) is 5.11. The normalized spacial score (nSPS) is 12.1. The summed E-state index contributed by atoms with van der Waals surface area (Å²) in [7, 11) is 1.52. The Balaban J connectivity index is 1.85. The monoisotopic (exact) mass is 697 g/mol. The Hall–Kier alpha value is -3.93. The van der Waals surface area contributed by atoms with Gasteiger partial charge in [0.1, 0.15) is 5.75 Å². The molecule has 3 aromatic carbocycles. The van der Waals surface area contributed by atoms with Gasteiger partial charge in [0.25, 0.3) is 5.56 Å². The molecule has 0 spiro atoms. The Kier molecular flexibility index (Phi) is 10.4. The molecule has 0 unspecified atom stereocenters. The number of carbonyl (C=O) groups is 1. The molecule has 0 saturated carbocycles. The minimum Gasteiger partial charge on any atom is -0.494 e. The van der Waals surface area contributed by atoms with Crippen molar-refractivity contribution >= 4 is 45.7 Å². The Bertz CT molecular complexity index is 1730. The predicted molar refractivity (Wildman–Crippen MR) is 177 cm³/mol. The van der Waals surface area contributed by atoms with E-state index in [1.54, 1.807) is 38.3 Å². The van der Waals surface area contributed by atoms with Gasteiger partial charge in [0.05, 0.1) is 41.0 Å². The van der Waals surface area contributed by atoms with Crippen LogP contribution in [0.4, 0.5) is 0 Å². The van der Waals surface area contributed by atoms with Gasteiger partial charge in [-0.15, -0.1) is 0 Å². The van der Waals surface area contributed by atoms with Crippen molar-refractivity contribution in [1.82, 2.24) is 9.66 Å².